The van der Waals surface area contributed by atoms with Crippen molar-refractivity contribution in [3.63, 3.8) is 0 Å². The van der Waals surface area contributed by atoms with Crippen molar-refractivity contribution in [2.45, 2.75) is 111 Å². The van der Waals surface area contributed by atoms with Crippen molar-refractivity contribution < 1.29 is 4.58 Å². The van der Waals surface area contributed by atoms with Crippen molar-refractivity contribution in [3.05, 3.63) is 100 Å². The standard InChI is InChI=1S/C27H32N3.C27H31N3/c2*1-12-13(2)15(4)22-20(14(12)3)16(5)17(6)21-18(7)24-25(19(8)23(21)22)27(29-10)30(11)26(24)28-9/h9H2,1-8,10-11H3;9-10H2,1-8,11H3/q+1;. The highest BCUT2D eigenvalue weighted by molar-refractivity contribution is 6.26. The lowest BCUT2D eigenvalue weighted by Crippen LogP contribution is -2.16. The van der Waals surface area contributed by atoms with Crippen molar-refractivity contribution in [3.8, 4) is 0 Å². The van der Waals surface area contributed by atoms with Gasteiger partial charge in [-0.15, -0.1) is 9.98 Å². The van der Waals surface area contributed by atoms with E-state index in [0.29, 0.717) is 0 Å². The lowest BCUT2D eigenvalue weighted by molar-refractivity contribution is -0.367. The molecule has 1 aromatic heterocycles. The third-order valence-corrected chi connectivity index (χ3v) is 15.3. The molecule has 8 rings (SSSR count). The molecule has 0 amide bonds. The Balaban J connectivity index is 0.000000181. The highest BCUT2D eigenvalue weighted by Crippen LogP contribution is 2.49. The average molecular weight is 796 g/mol. The fraction of sp³-hybridized carbons (Fsp3) is 0.352. The fourth-order valence-corrected chi connectivity index (χ4v) is 11.3. The number of aromatic nitrogens is 1. The van der Waals surface area contributed by atoms with E-state index in [1.807, 2.05) is 25.7 Å². The molecule has 0 atom stereocenters. The van der Waals surface area contributed by atoms with Gasteiger partial charge in [-0.05, 0) is 256 Å². The summed E-state index contributed by atoms with van der Waals surface area (Å²) < 4.78 is 4.09. The van der Waals surface area contributed by atoms with Gasteiger partial charge < -0.3 is 4.57 Å². The first-order valence-electron chi connectivity index (χ1n) is 21.1. The second-order valence-electron chi connectivity index (χ2n) is 17.6. The van der Waals surface area contributed by atoms with Crippen LogP contribution >= 0.6 is 0 Å². The highest BCUT2D eigenvalue weighted by Gasteiger charge is 2.36. The lowest BCUT2D eigenvalue weighted by Gasteiger charge is -2.23. The summed E-state index contributed by atoms with van der Waals surface area (Å²) in [4.78, 5) is 17.8. The zero-order valence-corrected chi connectivity index (χ0v) is 39.8. The Morgan fingerprint density at radius 3 is 1.00 bits per heavy atom. The molecule has 6 aromatic carbocycles. The Hall–Kier alpha value is -5.75. The fourth-order valence-electron chi connectivity index (χ4n) is 11.3. The van der Waals surface area contributed by atoms with Crippen LogP contribution in [0.2, 0.25) is 0 Å². The van der Waals surface area contributed by atoms with Gasteiger partial charge in [0.05, 0.1) is 31.9 Å². The second-order valence-corrected chi connectivity index (χ2v) is 17.6. The second kappa shape index (κ2) is 14.5. The number of nitrogens with zero attached hydrogens (tertiary/aromatic N) is 6. The zero-order valence-electron chi connectivity index (χ0n) is 39.8. The first-order chi connectivity index (χ1) is 28.2. The van der Waals surface area contributed by atoms with Crippen molar-refractivity contribution in [2.24, 2.45) is 27.0 Å². The summed E-state index contributed by atoms with van der Waals surface area (Å²) in [5.41, 5.74) is 24.0. The van der Waals surface area contributed by atoms with E-state index < -0.39 is 0 Å². The highest BCUT2D eigenvalue weighted by atomic mass is 15.1. The minimum atomic E-state index is 0.861. The Morgan fingerprint density at radius 1 is 0.350 bits per heavy atom. The van der Waals surface area contributed by atoms with Gasteiger partial charge in [0.2, 0.25) is 0 Å². The van der Waals surface area contributed by atoms with E-state index in [1.54, 1.807) is 0 Å². The van der Waals surface area contributed by atoms with E-state index >= 15 is 0 Å². The molecule has 0 bridgehead atoms. The van der Waals surface area contributed by atoms with Crippen LogP contribution in [0.1, 0.15) is 100 Å². The molecule has 0 saturated carbocycles. The number of hydrogen-bond donors (Lipinski definition) is 0. The molecule has 7 aromatic rings. The Bertz CT molecular complexity index is 3270. The van der Waals surface area contributed by atoms with E-state index in [2.05, 4.69) is 155 Å². The summed E-state index contributed by atoms with van der Waals surface area (Å²) >= 11 is 0. The average Bonchev–Trinajstić information content (AvgIpc) is 3.69. The Labute approximate surface area is 357 Å². The van der Waals surface area contributed by atoms with Gasteiger partial charge >= 0.3 is 0 Å². The SMILES string of the molecule is C=NC1=[N+](C)C(=NC)c2c1c(C)c1c(C)c(C)c3c(C)c(C)c(C)c(C)c3c1c2C.C=Nc1c2c(C)c3c(C)c(C)c4c(C)c(C)c(C)c(C)c4c3c(C)c2c(N=C)n1C. The van der Waals surface area contributed by atoms with Crippen LogP contribution in [0, 0.1) is 111 Å². The van der Waals surface area contributed by atoms with Gasteiger partial charge in [0.25, 0.3) is 11.7 Å². The van der Waals surface area contributed by atoms with Gasteiger partial charge in [0, 0.05) is 17.8 Å². The molecule has 0 N–H and O–H groups in total. The van der Waals surface area contributed by atoms with Gasteiger partial charge in [-0.1, -0.05) is 0 Å². The summed E-state index contributed by atoms with van der Waals surface area (Å²) in [5.74, 6) is 3.59. The van der Waals surface area contributed by atoms with Gasteiger partial charge in [0.1, 0.15) is 11.6 Å². The number of amidine groups is 2. The maximum atomic E-state index is 4.64. The molecule has 0 radical (unpaired) electrons. The molecule has 0 aliphatic carbocycles. The summed E-state index contributed by atoms with van der Waals surface area (Å²) in [7, 11) is 5.90. The Kier molecular flexibility index (Phi) is 10.2. The number of benzene rings is 6. The van der Waals surface area contributed by atoms with Crippen LogP contribution in [-0.2, 0) is 7.05 Å². The molecule has 0 unspecified atom stereocenters. The maximum Gasteiger partial charge on any atom is 0.270 e. The largest absolute Gasteiger partial charge is 0.313 e. The van der Waals surface area contributed by atoms with Crippen LogP contribution in [0.15, 0.2) is 20.0 Å². The maximum absolute atomic E-state index is 4.64. The van der Waals surface area contributed by atoms with Gasteiger partial charge in [-0.3, -0.25) is 0 Å². The molecule has 0 fully saturated rings. The van der Waals surface area contributed by atoms with E-state index in [0.717, 1.165) is 34.1 Å². The molecular weight excluding hydrogens is 733 g/mol. The molecule has 1 aliphatic rings. The van der Waals surface area contributed by atoms with Crippen molar-refractivity contribution in [1.82, 2.24) is 4.57 Å². The lowest BCUT2D eigenvalue weighted by atomic mass is 9.80. The molecule has 0 spiro atoms. The Morgan fingerprint density at radius 2 is 0.633 bits per heavy atom. The smallest absolute Gasteiger partial charge is 0.270 e. The quantitative estimate of drug-likeness (QED) is 0.0951. The normalized spacial score (nSPS) is 13.4. The minimum absolute atomic E-state index is 0.861. The molecule has 0 saturated heterocycles. The van der Waals surface area contributed by atoms with E-state index in [4.69, 9.17) is 0 Å². The van der Waals surface area contributed by atoms with E-state index in [9.17, 15) is 0 Å². The molecule has 6 nitrogen and oxygen atoms in total. The minimum Gasteiger partial charge on any atom is -0.313 e. The van der Waals surface area contributed by atoms with Crippen LogP contribution in [-0.4, -0.2) is 55.1 Å². The first kappa shape index (κ1) is 42.4. The van der Waals surface area contributed by atoms with Crippen LogP contribution < -0.4 is 0 Å². The van der Waals surface area contributed by atoms with Gasteiger partial charge in [-0.2, -0.15) is 0 Å². The third-order valence-electron chi connectivity index (χ3n) is 15.3. The van der Waals surface area contributed by atoms with Crippen LogP contribution in [0.3, 0.4) is 0 Å². The number of rotatable bonds is 2. The van der Waals surface area contributed by atoms with Gasteiger partial charge in [0.15, 0.2) is 0 Å². The number of fused-ring (bicyclic) bond motifs is 8. The number of aliphatic imine (C=N–C) groups is 4. The van der Waals surface area contributed by atoms with Gasteiger partial charge in [-0.25, -0.2) is 14.6 Å². The predicted octanol–water partition coefficient (Wildman–Crippen LogP) is 13.6. The summed E-state index contributed by atoms with van der Waals surface area (Å²) in [6.07, 6.45) is 0. The van der Waals surface area contributed by atoms with Crippen LogP contribution in [0.5, 0.6) is 0 Å². The monoisotopic (exact) mass is 796 g/mol. The predicted molar refractivity (Wildman–Crippen MR) is 266 cm³/mol. The van der Waals surface area contributed by atoms with Crippen molar-refractivity contribution in [2.75, 3.05) is 14.1 Å². The molecule has 60 heavy (non-hydrogen) atoms. The molecular formula is C54H63N6+. The van der Waals surface area contributed by atoms with Crippen molar-refractivity contribution in [1.29, 1.82) is 0 Å². The molecule has 6 heteroatoms. The number of aryl methyl sites for hydroxylation is 12. The molecule has 308 valence electrons. The van der Waals surface area contributed by atoms with Crippen LogP contribution in [0.4, 0.5) is 11.6 Å². The van der Waals surface area contributed by atoms with Crippen LogP contribution in [0.25, 0.3) is 53.9 Å². The first-order valence-corrected chi connectivity index (χ1v) is 21.1. The molecule has 2 heterocycles. The zero-order chi connectivity index (χ0) is 44.5. The summed E-state index contributed by atoms with van der Waals surface area (Å²) in [5, 5.41) is 13.3. The van der Waals surface area contributed by atoms with E-state index in [-0.39, 0.29) is 0 Å². The third kappa shape index (κ3) is 5.21. The van der Waals surface area contributed by atoms with Crippen molar-refractivity contribution >= 4 is 97.3 Å². The summed E-state index contributed by atoms with van der Waals surface area (Å²) in [6.45, 7) is 47.7. The topological polar surface area (TPSA) is 57.4 Å². The van der Waals surface area contributed by atoms with E-state index in [1.165, 1.54) is 143 Å². The molecule has 1 aliphatic heterocycles. The number of hydrogen-bond acceptors (Lipinski definition) is 4. The summed E-state index contributed by atoms with van der Waals surface area (Å²) in [6, 6.07) is 0.